The van der Waals surface area contributed by atoms with E-state index >= 15 is 0 Å². The van der Waals surface area contributed by atoms with Gasteiger partial charge in [-0.05, 0) is 61.1 Å². The van der Waals surface area contributed by atoms with Gasteiger partial charge in [-0.3, -0.25) is 14.8 Å². The predicted molar refractivity (Wildman–Crippen MR) is 126 cm³/mol. The highest BCUT2D eigenvalue weighted by molar-refractivity contribution is 7.89. The van der Waals surface area contributed by atoms with E-state index < -0.39 is 33.0 Å². The van der Waals surface area contributed by atoms with E-state index in [0.717, 1.165) is 24.0 Å². The third kappa shape index (κ3) is 6.23. The average molecular weight is 508 g/mol. The first-order valence-corrected chi connectivity index (χ1v) is 12.9. The Morgan fingerprint density at radius 2 is 1.31 bits per heavy atom. The Kier molecular flexibility index (Phi) is 8.26. The lowest BCUT2D eigenvalue weighted by molar-refractivity contribution is -0.143. The van der Waals surface area contributed by atoms with Crippen LogP contribution in [-0.4, -0.2) is 41.7 Å². The number of benzene rings is 2. The third-order valence-electron chi connectivity index (χ3n) is 6.59. The molecular weight excluding hydrogens is 477 g/mol. The van der Waals surface area contributed by atoms with E-state index in [1.165, 1.54) is 24.3 Å². The van der Waals surface area contributed by atoms with Crippen molar-refractivity contribution in [2.24, 2.45) is 5.73 Å². The Morgan fingerprint density at radius 1 is 0.857 bits per heavy atom. The van der Waals surface area contributed by atoms with Gasteiger partial charge in [-0.25, -0.2) is 18.3 Å². The number of hydroxylamine groups is 1. The second-order valence-corrected chi connectivity index (χ2v) is 10.7. The molecule has 0 spiro atoms. The highest BCUT2D eigenvalue weighted by Gasteiger charge is 2.44. The summed E-state index contributed by atoms with van der Waals surface area (Å²) in [6.07, 6.45) is 5.24. The van der Waals surface area contributed by atoms with Crippen LogP contribution >= 0.6 is 0 Å². The van der Waals surface area contributed by atoms with Crippen LogP contribution in [0.4, 0.5) is 4.39 Å². The Bertz CT molecular complexity index is 1140. The standard InChI is InChI=1S/C18H19FN2O4S.C6H11NO2/c19-15-7-3-13(4-8-15)14-5-9-16(10-6-14)26(24,25)21-18(17(22)20-23)11-1-2-12-18;7-6(5(8)9)3-1-2-4-6/h3-10,21,23H,1-2,11-12H2,(H,20,22);1-4,7H2,(H,8,9). The van der Waals surface area contributed by atoms with Gasteiger partial charge in [0.25, 0.3) is 5.91 Å². The minimum absolute atomic E-state index is 0.0142. The second kappa shape index (κ2) is 10.8. The lowest BCUT2D eigenvalue weighted by Gasteiger charge is -2.27. The molecule has 11 heteroatoms. The number of aliphatic carboxylic acids is 1. The minimum atomic E-state index is -3.94. The quantitative estimate of drug-likeness (QED) is 0.297. The number of hydrogen-bond donors (Lipinski definition) is 5. The number of sulfonamides is 1. The van der Waals surface area contributed by atoms with Crippen molar-refractivity contribution in [2.75, 3.05) is 0 Å². The zero-order valence-corrected chi connectivity index (χ0v) is 20.0. The Morgan fingerprint density at radius 3 is 1.74 bits per heavy atom. The number of nitrogens with two attached hydrogens (primary N) is 1. The number of carbonyl (C=O) groups is 2. The van der Waals surface area contributed by atoms with Crippen LogP contribution < -0.4 is 15.9 Å². The molecule has 6 N–H and O–H groups in total. The Balaban J connectivity index is 0.000000320. The van der Waals surface area contributed by atoms with Crippen LogP contribution in [0.5, 0.6) is 0 Å². The Hall–Kier alpha value is -2.86. The first-order valence-electron chi connectivity index (χ1n) is 11.4. The number of rotatable bonds is 6. The summed E-state index contributed by atoms with van der Waals surface area (Å²) in [5.74, 6) is -1.94. The maximum absolute atomic E-state index is 13.0. The van der Waals surface area contributed by atoms with Gasteiger partial charge in [0, 0.05) is 0 Å². The molecule has 1 amide bonds. The van der Waals surface area contributed by atoms with Gasteiger partial charge in [-0.1, -0.05) is 49.9 Å². The molecule has 0 aliphatic heterocycles. The summed E-state index contributed by atoms with van der Waals surface area (Å²) in [5, 5.41) is 17.5. The van der Waals surface area contributed by atoms with Crippen molar-refractivity contribution in [1.29, 1.82) is 0 Å². The maximum atomic E-state index is 13.0. The van der Waals surface area contributed by atoms with E-state index in [4.69, 9.17) is 16.0 Å². The van der Waals surface area contributed by atoms with E-state index in [1.807, 2.05) is 0 Å². The van der Waals surface area contributed by atoms with Crippen LogP contribution in [-0.2, 0) is 19.6 Å². The number of halogens is 1. The van der Waals surface area contributed by atoms with Gasteiger partial charge in [-0.2, -0.15) is 4.72 Å². The molecule has 0 aromatic heterocycles. The molecule has 2 fully saturated rings. The molecule has 35 heavy (non-hydrogen) atoms. The summed E-state index contributed by atoms with van der Waals surface area (Å²) >= 11 is 0. The Labute approximate surface area is 203 Å². The SMILES string of the molecule is NC1(C(=O)O)CCCC1.O=C(NO)C1(NS(=O)(=O)c2ccc(-c3ccc(F)cc3)cc2)CCCC1. The van der Waals surface area contributed by atoms with Crippen LogP contribution in [0.15, 0.2) is 53.4 Å². The first-order chi connectivity index (χ1) is 16.5. The molecule has 0 saturated heterocycles. The van der Waals surface area contributed by atoms with Crippen LogP contribution in [0.25, 0.3) is 11.1 Å². The van der Waals surface area contributed by atoms with Crippen molar-refractivity contribution in [3.63, 3.8) is 0 Å². The normalized spacial score (nSPS) is 18.4. The van der Waals surface area contributed by atoms with E-state index in [1.54, 1.807) is 29.7 Å². The molecule has 2 aromatic rings. The van der Waals surface area contributed by atoms with E-state index in [2.05, 4.69) is 4.72 Å². The monoisotopic (exact) mass is 507 g/mol. The number of carboxylic acids is 1. The molecule has 0 atom stereocenters. The fourth-order valence-corrected chi connectivity index (χ4v) is 5.89. The fourth-order valence-electron chi connectivity index (χ4n) is 4.47. The zero-order valence-electron chi connectivity index (χ0n) is 19.2. The van der Waals surface area contributed by atoms with E-state index in [0.29, 0.717) is 38.5 Å². The van der Waals surface area contributed by atoms with Crippen molar-refractivity contribution in [3.05, 3.63) is 54.3 Å². The molecule has 2 saturated carbocycles. The molecule has 0 heterocycles. The molecule has 0 unspecified atom stereocenters. The van der Waals surface area contributed by atoms with Crippen molar-refractivity contribution < 1.29 is 32.7 Å². The molecule has 2 aromatic carbocycles. The number of amides is 1. The minimum Gasteiger partial charge on any atom is -0.480 e. The second-order valence-electron chi connectivity index (χ2n) is 9.04. The largest absolute Gasteiger partial charge is 0.480 e. The first kappa shape index (κ1) is 26.7. The van der Waals surface area contributed by atoms with Gasteiger partial charge in [0.05, 0.1) is 4.90 Å². The van der Waals surface area contributed by atoms with Crippen molar-refractivity contribution in [2.45, 2.75) is 67.3 Å². The average Bonchev–Trinajstić information content (AvgIpc) is 3.50. The van der Waals surface area contributed by atoms with Crippen molar-refractivity contribution in [3.8, 4) is 11.1 Å². The number of nitrogens with one attached hydrogen (secondary N) is 2. The van der Waals surface area contributed by atoms with Crippen molar-refractivity contribution >= 4 is 21.9 Å². The summed E-state index contributed by atoms with van der Waals surface area (Å²) in [4.78, 5) is 22.4. The summed E-state index contributed by atoms with van der Waals surface area (Å²) in [5.41, 5.74) is 6.35. The molecule has 190 valence electrons. The number of hydrogen-bond acceptors (Lipinski definition) is 6. The predicted octanol–water partition coefficient (Wildman–Crippen LogP) is 2.93. The van der Waals surface area contributed by atoms with Gasteiger partial charge in [0.2, 0.25) is 10.0 Å². The molecule has 0 bridgehead atoms. The molecule has 9 nitrogen and oxygen atoms in total. The number of carbonyl (C=O) groups excluding carboxylic acids is 1. The smallest absolute Gasteiger partial charge is 0.323 e. The van der Waals surface area contributed by atoms with Gasteiger partial charge >= 0.3 is 5.97 Å². The lowest BCUT2D eigenvalue weighted by atomic mass is 9.99. The van der Waals surface area contributed by atoms with Crippen LogP contribution in [0, 0.1) is 5.82 Å². The molecular formula is C24H30FN3O6S. The summed E-state index contributed by atoms with van der Waals surface area (Å²) in [6, 6.07) is 12.0. The summed E-state index contributed by atoms with van der Waals surface area (Å²) in [6.45, 7) is 0. The van der Waals surface area contributed by atoms with Crippen LogP contribution in [0.1, 0.15) is 51.4 Å². The highest BCUT2D eigenvalue weighted by Crippen LogP contribution is 2.32. The molecule has 4 rings (SSSR count). The third-order valence-corrected chi connectivity index (χ3v) is 8.14. The molecule has 0 radical (unpaired) electrons. The molecule has 2 aliphatic rings. The van der Waals surface area contributed by atoms with Crippen LogP contribution in [0.3, 0.4) is 0 Å². The number of carboxylic acid groups (broad SMARTS) is 1. The topological polar surface area (TPSA) is 159 Å². The summed E-state index contributed by atoms with van der Waals surface area (Å²) in [7, 11) is -3.94. The van der Waals surface area contributed by atoms with Gasteiger partial charge in [0.1, 0.15) is 16.9 Å². The van der Waals surface area contributed by atoms with Crippen LogP contribution in [0.2, 0.25) is 0 Å². The lowest BCUT2D eigenvalue weighted by Crippen LogP contribution is -2.56. The van der Waals surface area contributed by atoms with Crippen molar-refractivity contribution in [1.82, 2.24) is 10.2 Å². The maximum Gasteiger partial charge on any atom is 0.323 e. The highest BCUT2D eigenvalue weighted by atomic mass is 32.2. The van der Waals surface area contributed by atoms with E-state index in [-0.39, 0.29) is 10.7 Å². The zero-order chi connectivity index (χ0) is 25.7. The summed E-state index contributed by atoms with van der Waals surface area (Å²) < 4.78 is 40.8. The van der Waals surface area contributed by atoms with E-state index in [9.17, 15) is 22.4 Å². The fraction of sp³-hybridized carbons (Fsp3) is 0.417. The van der Waals surface area contributed by atoms with Gasteiger partial charge in [-0.15, -0.1) is 0 Å². The van der Waals surface area contributed by atoms with Gasteiger partial charge < -0.3 is 10.8 Å². The van der Waals surface area contributed by atoms with Gasteiger partial charge in [0.15, 0.2) is 0 Å². The molecule has 2 aliphatic carbocycles.